The zero-order valence-electron chi connectivity index (χ0n) is 16.5. The first kappa shape index (κ1) is 21.6. The van der Waals surface area contributed by atoms with Crippen LogP contribution >= 0.6 is 0 Å². The summed E-state index contributed by atoms with van der Waals surface area (Å²) >= 11 is 0. The van der Waals surface area contributed by atoms with E-state index in [0.717, 1.165) is 5.56 Å². The zero-order chi connectivity index (χ0) is 21.4. The lowest BCUT2D eigenvalue weighted by Gasteiger charge is -2.27. The lowest BCUT2D eigenvalue weighted by molar-refractivity contribution is -0.149. The quantitative estimate of drug-likeness (QED) is 0.338. The molecule has 2 aromatic carbocycles. The molecule has 4 N–H and O–H groups in total. The standard InChI is InChI=1S/C21H24N4O4/c1-14(26)25-21(2,19(28)29-3)13-15-9-11-17(12-10-15)23-20(22)24-18(27)16-7-5-4-6-8-16/h4-12H,13H2,1-3H3,(H,25,26)(H3,22,23,24,27)/t21-/m1/s1. The van der Waals surface area contributed by atoms with E-state index in [4.69, 9.17) is 10.1 Å². The summed E-state index contributed by atoms with van der Waals surface area (Å²) in [5.74, 6) is -1.42. The van der Waals surface area contributed by atoms with Crippen molar-refractivity contribution in [3.8, 4) is 0 Å². The SMILES string of the molecule is COC(=O)[C@@](C)(Cc1ccc(NC(=N)NC(=O)c2ccccc2)cc1)NC(C)=O. The van der Waals surface area contributed by atoms with Gasteiger partial charge in [0.25, 0.3) is 5.91 Å². The van der Waals surface area contributed by atoms with Gasteiger partial charge in [-0.1, -0.05) is 30.3 Å². The Morgan fingerprint density at radius 1 is 1.03 bits per heavy atom. The van der Waals surface area contributed by atoms with Crippen LogP contribution in [0.4, 0.5) is 5.69 Å². The number of esters is 1. The highest BCUT2D eigenvalue weighted by molar-refractivity contribution is 6.08. The van der Waals surface area contributed by atoms with E-state index in [0.29, 0.717) is 11.3 Å². The van der Waals surface area contributed by atoms with E-state index < -0.39 is 11.5 Å². The van der Waals surface area contributed by atoms with Crippen LogP contribution in [0.15, 0.2) is 54.6 Å². The Kier molecular flexibility index (Phi) is 7.08. The maximum Gasteiger partial charge on any atom is 0.331 e. The Morgan fingerprint density at radius 3 is 2.21 bits per heavy atom. The van der Waals surface area contributed by atoms with Crippen LogP contribution in [0, 0.1) is 5.41 Å². The second-order valence-electron chi connectivity index (χ2n) is 6.70. The normalized spacial score (nSPS) is 12.2. The summed E-state index contributed by atoms with van der Waals surface area (Å²) in [7, 11) is 1.27. The summed E-state index contributed by atoms with van der Waals surface area (Å²) in [6.07, 6.45) is 0.238. The van der Waals surface area contributed by atoms with Crippen molar-refractivity contribution < 1.29 is 19.1 Å². The van der Waals surface area contributed by atoms with Crippen molar-refractivity contribution in [2.45, 2.75) is 25.8 Å². The summed E-state index contributed by atoms with van der Waals surface area (Å²) in [4.78, 5) is 35.6. The molecule has 0 unspecified atom stereocenters. The van der Waals surface area contributed by atoms with Crippen LogP contribution in [0.3, 0.4) is 0 Å². The van der Waals surface area contributed by atoms with Crippen LogP contribution in [0.25, 0.3) is 0 Å². The summed E-state index contributed by atoms with van der Waals surface area (Å²) in [5.41, 5.74) is 0.643. The van der Waals surface area contributed by atoms with Crippen LogP contribution < -0.4 is 16.0 Å². The van der Waals surface area contributed by atoms with Gasteiger partial charge in [-0.15, -0.1) is 0 Å². The molecule has 0 saturated heterocycles. The number of guanidine groups is 1. The predicted octanol–water partition coefficient (Wildman–Crippen LogP) is 2.07. The molecule has 8 nitrogen and oxygen atoms in total. The number of carbonyl (C=O) groups is 3. The molecule has 2 amide bonds. The van der Waals surface area contributed by atoms with Crippen LogP contribution in [0.1, 0.15) is 29.8 Å². The fourth-order valence-electron chi connectivity index (χ4n) is 2.85. The first-order valence-corrected chi connectivity index (χ1v) is 8.91. The van der Waals surface area contributed by atoms with E-state index in [1.807, 2.05) is 0 Å². The second kappa shape index (κ2) is 9.50. The Morgan fingerprint density at radius 2 is 1.66 bits per heavy atom. The number of ether oxygens (including phenoxy) is 1. The minimum Gasteiger partial charge on any atom is -0.467 e. The van der Waals surface area contributed by atoms with Gasteiger partial charge in [0.05, 0.1) is 7.11 Å². The summed E-state index contributed by atoms with van der Waals surface area (Å²) in [6.45, 7) is 2.94. The highest BCUT2D eigenvalue weighted by Gasteiger charge is 2.35. The molecule has 2 aromatic rings. The fourth-order valence-corrected chi connectivity index (χ4v) is 2.85. The third-order valence-electron chi connectivity index (χ3n) is 4.14. The second-order valence-corrected chi connectivity index (χ2v) is 6.70. The van der Waals surface area contributed by atoms with Crippen molar-refractivity contribution in [3.05, 3.63) is 65.7 Å². The summed E-state index contributed by atoms with van der Waals surface area (Å²) < 4.78 is 4.80. The average molecular weight is 396 g/mol. The van der Waals surface area contributed by atoms with E-state index in [9.17, 15) is 14.4 Å². The highest BCUT2D eigenvalue weighted by Crippen LogP contribution is 2.18. The van der Waals surface area contributed by atoms with Crippen molar-refractivity contribution in [1.29, 1.82) is 5.41 Å². The molecule has 8 heteroatoms. The van der Waals surface area contributed by atoms with Gasteiger partial charge in [-0.25, -0.2) is 4.79 Å². The van der Waals surface area contributed by atoms with Gasteiger partial charge in [-0.3, -0.25) is 20.3 Å². The molecule has 152 valence electrons. The summed E-state index contributed by atoms with van der Waals surface area (Å²) in [5, 5.41) is 15.8. The fraction of sp³-hybridized carbons (Fsp3) is 0.238. The van der Waals surface area contributed by atoms with Gasteiger partial charge in [0, 0.05) is 24.6 Å². The molecule has 29 heavy (non-hydrogen) atoms. The maximum atomic E-state index is 12.1. The van der Waals surface area contributed by atoms with Gasteiger partial charge in [-0.2, -0.15) is 0 Å². The molecule has 0 radical (unpaired) electrons. The number of carbonyl (C=O) groups excluding carboxylic acids is 3. The van der Waals surface area contributed by atoms with Crippen LogP contribution in [-0.2, 0) is 20.7 Å². The number of anilines is 1. The van der Waals surface area contributed by atoms with E-state index in [1.165, 1.54) is 14.0 Å². The van der Waals surface area contributed by atoms with Crippen LogP contribution in [-0.4, -0.2) is 36.4 Å². The third kappa shape index (κ3) is 6.17. The first-order chi connectivity index (χ1) is 13.7. The van der Waals surface area contributed by atoms with E-state index >= 15 is 0 Å². The largest absolute Gasteiger partial charge is 0.467 e. The minimum atomic E-state index is -1.19. The van der Waals surface area contributed by atoms with Gasteiger partial charge in [0.2, 0.25) is 5.91 Å². The molecule has 0 aromatic heterocycles. The number of amides is 2. The Bertz CT molecular complexity index is 897. The Hall–Kier alpha value is -3.68. The van der Waals surface area contributed by atoms with E-state index in [1.54, 1.807) is 61.5 Å². The number of rotatable bonds is 6. The van der Waals surface area contributed by atoms with Crippen molar-refractivity contribution in [1.82, 2.24) is 10.6 Å². The molecular formula is C21H24N4O4. The summed E-state index contributed by atoms with van der Waals surface area (Å²) in [6, 6.07) is 15.6. The number of hydrogen-bond donors (Lipinski definition) is 4. The molecule has 2 rings (SSSR count). The minimum absolute atomic E-state index is 0.163. The van der Waals surface area contributed by atoms with Crippen molar-refractivity contribution in [2.75, 3.05) is 12.4 Å². The molecule has 0 aliphatic heterocycles. The average Bonchev–Trinajstić information content (AvgIpc) is 2.68. The Balaban J connectivity index is 2.00. The van der Waals surface area contributed by atoms with E-state index in [2.05, 4.69) is 16.0 Å². The predicted molar refractivity (Wildman–Crippen MR) is 110 cm³/mol. The monoisotopic (exact) mass is 396 g/mol. The molecule has 0 saturated carbocycles. The van der Waals surface area contributed by atoms with Gasteiger partial charge in [-0.05, 0) is 36.8 Å². The number of hydrogen-bond acceptors (Lipinski definition) is 5. The lowest BCUT2D eigenvalue weighted by Crippen LogP contribution is -2.53. The molecule has 1 atom stereocenters. The van der Waals surface area contributed by atoms with Crippen LogP contribution in [0.5, 0.6) is 0 Å². The van der Waals surface area contributed by atoms with Crippen molar-refractivity contribution in [3.63, 3.8) is 0 Å². The molecular weight excluding hydrogens is 372 g/mol. The third-order valence-corrected chi connectivity index (χ3v) is 4.14. The van der Waals surface area contributed by atoms with Crippen LogP contribution in [0.2, 0.25) is 0 Å². The van der Waals surface area contributed by atoms with Crippen molar-refractivity contribution >= 4 is 29.4 Å². The van der Waals surface area contributed by atoms with Gasteiger partial charge in [0.1, 0.15) is 5.54 Å². The molecule has 0 spiro atoms. The molecule has 0 aliphatic carbocycles. The maximum absolute atomic E-state index is 12.1. The molecule has 0 aliphatic rings. The number of benzene rings is 2. The highest BCUT2D eigenvalue weighted by atomic mass is 16.5. The van der Waals surface area contributed by atoms with Crippen molar-refractivity contribution in [2.24, 2.45) is 0 Å². The Labute approximate surface area is 169 Å². The lowest BCUT2D eigenvalue weighted by atomic mass is 9.92. The van der Waals surface area contributed by atoms with Gasteiger partial charge in [0.15, 0.2) is 5.96 Å². The molecule has 0 heterocycles. The smallest absolute Gasteiger partial charge is 0.331 e. The topological polar surface area (TPSA) is 120 Å². The zero-order valence-corrected chi connectivity index (χ0v) is 16.5. The van der Waals surface area contributed by atoms with Gasteiger partial charge >= 0.3 is 5.97 Å². The molecule has 0 fully saturated rings. The number of methoxy groups -OCH3 is 1. The number of nitrogens with one attached hydrogen (secondary N) is 4. The van der Waals surface area contributed by atoms with E-state index in [-0.39, 0.29) is 24.2 Å². The molecule has 0 bridgehead atoms. The van der Waals surface area contributed by atoms with Gasteiger partial charge < -0.3 is 15.4 Å². The first-order valence-electron chi connectivity index (χ1n) is 8.91.